The maximum atomic E-state index is 13.0. The quantitative estimate of drug-likeness (QED) is 0.890. The molecule has 5 nitrogen and oxygen atoms in total. The topological polar surface area (TPSA) is 43.2 Å². The highest BCUT2D eigenvalue weighted by atomic mass is 16.5. The van der Waals surface area contributed by atoms with E-state index in [1.165, 1.54) is 10.5 Å². The average molecular weight is 341 g/mol. The van der Waals surface area contributed by atoms with Gasteiger partial charge < -0.3 is 19.3 Å². The van der Waals surface area contributed by atoms with Gasteiger partial charge in [-0.2, -0.15) is 0 Å². The van der Waals surface area contributed by atoms with Crippen molar-refractivity contribution in [3.8, 4) is 11.5 Å². The van der Waals surface area contributed by atoms with Gasteiger partial charge in [-0.3, -0.25) is 4.79 Å². The van der Waals surface area contributed by atoms with Crippen LogP contribution in [0.4, 0.5) is 0 Å². The highest BCUT2D eigenvalue weighted by Crippen LogP contribution is 2.29. The first kappa shape index (κ1) is 17.3. The van der Waals surface area contributed by atoms with Gasteiger partial charge in [0.25, 0.3) is 5.91 Å². The molecular weight excluding hydrogens is 316 g/mol. The Balaban J connectivity index is 1.66. The Kier molecular flexibility index (Phi) is 5.56. The predicted molar refractivity (Wildman–Crippen MR) is 96.3 cm³/mol. The van der Waals surface area contributed by atoms with E-state index < -0.39 is 0 Å². The van der Waals surface area contributed by atoms with Crippen LogP contribution in [0.15, 0.2) is 48.5 Å². The smallest absolute Gasteiger partial charge is 0.261 e. The maximum absolute atomic E-state index is 13.0. The SMILES string of the molecule is COc1cccc(OC)c1C(=O)N1CC[NH+](Cc2ccccc2)CC1. The number of carbonyl (C=O) groups excluding carboxylic acids is 1. The molecule has 1 amide bonds. The summed E-state index contributed by atoms with van der Waals surface area (Å²) in [6.45, 7) is 4.36. The number of hydrogen-bond donors (Lipinski definition) is 1. The van der Waals surface area contributed by atoms with Gasteiger partial charge in [0.05, 0.1) is 40.4 Å². The number of nitrogens with zero attached hydrogens (tertiary/aromatic N) is 1. The Bertz CT molecular complexity index is 688. The molecule has 2 aromatic carbocycles. The zero-order valence-corrected chi connectivity index (χ0v) is 14.8. The van der Waals surface area contributed by atoms with Gasteiger partial charge in [0.1, 0.15) is 23.6 Å². The van der Waals surface area contributed by atoms with E-state index in [9.17, 15) is 4.79 Å². The van der Waals surface area contributed by atoms with Crippen molar-refractivity contribution in [2.45, 2.75) is 6.54 Å². The summed E-state index contributed by atoms with van der Waals surface area (Å²) in [6, 6.07) is 15.9. The number of quaternary nitrogens is 1. The number of benzene rings is 2. The molecule has 132 valence electrons. The molecule has 1 heterocycles. The Labute approximate surface area is 148 Å². The summed E-state index contributed by atoms with van der Waals surface area (Å²) in [5, 5.41) is 0. The lowest BCUT2D eigenvalue weighted by Crippen LogP contribution is -3.13. The van der Waals surface area contributed by atoms with E-state index in [1.807, 2.05) is 17.0 Å². The highest BCUT2D eigenvalue weighted by molar-refractivity contribution is 5.99. The normalized spacial score (nSPS) is 15.0. The van der Waals surface area contributed by atoms with Crippen LogP contribution >= 0.6 is 0 Å². The Morgan fingerprint density at radius 1 is 0.960 bits per heavy atom. The first-order valence-electron chi connectivity index (χ1n) is 8.60. The standard InChI is InChI=1S/C20H24N2O3/c1-24-17-9-6-10-18(25-2)19(17)20(23)22-13-11-21(12-14-22)15-16-7-4-3-5-8-16/h3-10H,11-15H2,1-2H3/p+1. The fourth-order valence-corrected chi connectivity index (χ4v) is 3.31. The van der Waals surface area contributed by atoms with E-state index in [-0.39, 0.29) is 5.91 Å². The van der Waals surface area contributed by atoms with E-state index in [1.54, 1.807) is 26.4 Å². The van der Waals surface area contributed by atoms with Crippen molar-refractivity contribution in [2.24, 2.45) is 0 Å². The molecule has 1 saturated heterocycles. The molecule has 0 aromatic heterocycles. The van der Waals surface area contributed by atoms with Gasteiger partial charge in [-0.1, -0.05) is 36.4 Å². The molecule has 25 heavy (non-hydrogen) atoms. The summed E-state index contributed by atoms with van der Waals surface area (Å²) in [6.07, 6.45) is 0. The van der Waals surface area contributed by atoms with Crippen LogP contribution in [-0.4, -0.2) is 51.2 Å². The number of hydrogen-bond acceptors (Lipinski definition) is 3. The van der Waals surface area contributed by atoms with Crippen LogP contribution in [0, 0.1) is 0 Å². The molecule has 1 N–H and O–H groups in total. The van der Waals surface area contributed by atoms with Gasteiger partial charge in [-0.05, 0) is 12.1 Å². The molecule has 1 aliphatic rings. The molecule has 3 rings (SSSR count). The van der Waals surface area contributed by atoms with Gasteiger partial charge in [-0.15, -0.1) is 0 Å². The van der Waals surface area contributed by atoms with Gasteiger partial charge in [0.15, 0.2) is 0 Å². The monoisotopic (exact) mass is 341 g/mol. The van der Waals surface area contributed by atoms with Crippen LogP contribution < -0.4 is 14.4 Å². The predicted octanol–water partition coefficient (Wildman–Crippen LogP) is 1.24. The largest absolute Gasteiger partial charge is 0.496 e. The third kappa shape index (κ3) is 3.94. The third-order valence-electron chi connectivity index (χ3n) is 4.70. The lowest BCUT2D eigenvalue weighted by molar-refractivity contribution is -0.917. The van der Waals surface area contributed by atoms with Gasteiger partial charge in [0.2, 0.25) is 0 Å². The van der Waals surface area contributed by atoms with E-state index in [0.29, 0.717) is 17.1 Å². The van der Waals surface area contributed by atoms with Crippen molar-refractivity contribution in [3.05, 3.63) is 59.7 Å². The van der Waals surface area contributed by atoms with E-state index in [2.05, 4.69) is 24.3 Å². The lowest BCUT2D eigenvalue weighted by atomic mass is 10.1. The minimum Gasteiger partial charge on any atom is -0.496 e. The van der Waals surface area contributed by atoms with Crippen LogP contribution in [0.5, 0.6) is 11.5 Å². The fourth-order valence-electron chi connectivity index (χ4n) is 3.31. The van der Waals surface area contributed by atoms with Gasteiger partial charge in [-0.25, -0.2) is 0 Å². The van der Waals surface area contributed by atoms with Crippen molar-refractivity contribution in [1.82, 2.24) is 4.90 Å². The molecule has 0 saturated carbocycles. The zero-order valence-electron chi connectivity index (χ0n) is 14.8. The van der Waals surface area contributed by atoms with E-state index in [0.717, 1.165) is 32.7 Å². The van der Waals surface area contributed by atoms with E-state index >= 15 is 0 Å². The first-order valence-corrected chi connectivity index (χ1v) is 8.60. The minimum absolute atomic E-state index is 0.0203. The summed E-state index contributed by atoms with van der Waals surface area (Å²) >= 11 is 0. The van der Waals surface area contributed by atoms with E-state index in [4.69, 9.17) is 9.47 Å². The van der Waals surface area contributed by atoms with Crippen molar-refractivity contribution in [1.29, 1.82) is 0 Å². The number of methoxy groups -OCH3 is 2. The molecule has 0 spiro atoms. The Hall–Kier alpha value is -2.53. The third-order valence-corrected chi connectivity index (χ3v) is 4.70. The Morgan fingerprint density at radius 2 is 1.56 bits per heavy atom. The number of piperazine rings is 1. The van der Waals surface area contributed by atoms with Crippen LogP contribution in [-0.2, 0) is 6.54 Å². The summed E-state index contributed by atoms with van der Waals surface area (Å²) in [5.41, 5.74) is 1.85. The molecule has 0 bridgehead atoms. The Morgan fingerprint density at radius 3 is 2.12 bits per heavy atom. The van der Waals surface area contributed by atoms with Crippen LogP contribution in [0.1, 0.15) is 15.9 Å². The fraction of sp³-hybridized carbons (Fsp3) is 0.350. The van der Waals surface area contributed by atoms with Crippen molar-refractivity contribution in [2.75, 3.05) is 40.4 Å². The highest BCUT2D eigenvalue weighted by Gasteiger charge is 2.28. The second-order valence-corrected chi connectivity index (χ2v) is 6.24. The van der Waals surface area contributed by atoms with Gasteiger partial charge >= 0.3 is 0 Å². The number of amides is 1. The molecule has 2 aromatic rings. The summed E-state index contributed by atoms with van der Waals surface area (Å²) in [5.74, 6) is 1.10. The molecule has 0 unspecified atom stereocenters. The molecule has 1 fully saturated rings. The molecular formula is C20H25N2O3+. The second-order valence-electron chi connectivity index (χ2n) is 6.24. The summed E-state index contributed by atoms with van der Waals surface area (Å²) < 4.78 is 10.7. The second kappa shape index (κ2) is 8.03. The van der Waals surface area contributed by atoms with Crippen molar-refractivity contribution >= 4 is 5.91 Å². The molecule has 5 heteroatoms. The first-order chi connectivity index (χ1) is 12.2. The maximum Gasteiger partial charge on any atom is 0.261 e. The molecule has 0 aliphatic carbocycles. The summed E-state index contributed by atoms with van der Waals surface area (Å²) in [4.78, 5) is 16.4. The molecule has 1 aliphatic heterocycles. The summed E-state index contributed by atoms with van der Waals surface area (Å²) in [7, 11) is 3.15. The van der Waals surface area contributed by atoms with Crippen LogP contribution in [0.2, 0.25) is 0 Å². The van der Waals surface area contributed by atoms with Crippen LogP contribution in [0.25, 0.3) is 0 Å². The number of ether oxygens (including phenoxy) is 2. The van der Waals surface area contributed by atoms with Crippen LogP contribution in [0.3, 0.4) is 0 Å². The zero-order chi connectivity index (χ0) is 17.6. The van der Waals surface area contributed by atoms with Crippen molar-refractivity contribution in [3.63, 3.8) is 0 Å². The minimum atomic E-state index is -0.0203. The average Bonchev–Trinajstić information content (AvgIpc) is 2.68. The molecule has 0 radical (unpaired) electrons. The number of rotatable bonds is 5. The lowest BCUT2D eigenvalue weighted by Gasteiger charge is -2.32. The number of nitrogens with one attached hydrogen (secondary N) is 1. The van der Waals surface area contributed by atoms with Crippen molar-refractivity contribution < 1.29 is 19.2 Å². The molecule has 0 atom stereocenters. The van der Waals surface area contributed by atoms with Gasteiger partial charge in [0, 0.05) is 5.56 Å². The number of carbonyl (C=O) groups is 1.